The summed E-state index contributed by atoms with van der Waals surface area (Å²) in [5.41, 5.74) is 2.53. The molecule has 1 nitrogen and oxygen atoms in total. The normalized spacial score (nSPS) is 20.6. The highest BCUT2D eigenvalue weighted by Gasteiger charge is 2.21. The molecule has 0 N–H and O–H groups in total. The van der Waals surface area contributed by atoms with Gasteiger partial charge in [-0.15, -0.1) is 11.8 Å². The molecule has 0 amide bonds. The number of benzene rings is 2. The highest BCUT2D eigenvalue weighted by Crippen LogP contribution is 2.31. The first-order chi connectivity index (χ1) is 10.4. The fraction of sp³-hybridized carbons (Fsp3) is 0.316. The zero-order valence-corrected chi connectivity index (χ0v) is 13.1. The number of hydrogen-bond donors (Lipinski definition) is 0. The van der Waals surface area contributed by atoms with E-state index in [-0.39, 0.29) is 0 Å². The molecule has 2 aromatic carbocycles. The van der Waals surface area contributed by atoms with E-state index >= 15 is 0 Å². The molecule has 1 atom stereocenters. The molecule has 3 rings (SSSR count). The largest absolute Gasteiger partial charge is 0.246 e. The molecule has 108 valence electrons. The van der Waals surface area contributed by atoms with Crippen LogP contribution in [0.3, 0.4) is 0 Å². The zero-order chi connectivity index (χ0) is 14.3. The molecule has 21 heavy (non-hydrogen) atoms. The van der Waals surface area contributed by atoms with Crippen LogP contribution >= 0.6 is 11.8 Å². The van der Waals surface area contributed by atoms with Crippen LogP contribution in [0.15, 0.2) is 65.7 Å². The summed E-state index contributed by atoms with van der Waals surface area (Å²) in [7, 11) is 0. The number of nitrogens with zero attached hydrogens (tertiary/aromatic N) is 1. The van der Waals surface area contributed by atoms with Gasteiger partial charge in [-0.3, -0.25) is 0 Å². The molecule has 2 aromatic rings. The third-order valence-corrected chi connectivity index (χ3v) is 5.13. The summed E-state index contributed by atoms with van der Waals surface area (Å²) in [5, 5.41) is 1.34. The van der Waals surface area contributed by atoms with E-state index in [4.69, 9.17) is 4.99 Å². The maximum Gasteiger partial charge on any atom is 0.0769 e. The summed E-state index contributed by atoms with van der Waals surface area (Å²) in [4.78, 5) is 4.89. The SMILES string of the molecule is c1ccc(CCC2CCCSC2=Nc2ccccc2)cc1. The van der Waals surface area contributed by atoms with Crippen molar-refractivity contribution in [3.63, 3.8) is 0 Å². The van der Waals surface area contributed by atoms with Crippen LogP contribution in [0.5, 0.6) is 0 Å². The maximum absolute atomic E-state index is 4.89. The van der Waals surface area contributed by atoms with Crippen LogP contribution in [-0.4, -0.2) is 10.8 Å². The molecule has 1 aliphatic rings. The van der Waals surface area contributed by atoms with Gasteiger partial charge in [0, 0.05) is 5.92 Å². The minimum absolute atomic E-state index is 0.629. The minimum atomic E-state index is 0.629. The lowest BCUT2D eigenvalue weighted by atomic mass is 9.95. The predicted octanol–water partition coefficient (Wildman–Crippen LogP) is 5.49. The summed E-state index contributed by atoms with van der Waals surface area (Å²) < 4.78 is 0. The molecular weight excluding hydrogens is 274 g/mol. The van der Waals surface area contributed by atoms with Crippen LogP contribution in [0, 0.1) is 5.92 Å². The Bertz CT molecular complexity index is 577. The number of para-hydroxylation sites is 1. The lowest BCUT2D eigenvalue weighted by Gasteiger charge is -2.23. The highest BCUT2D eigenvalue weighted by molar-refractivity contribution is 8.14. The average Bonchev–Trinajstić information content (AvgIpc) is 2.56. The Kier molecular flexibility index (Phi) is 5.12. The Labute approximate surface area is 131 Å². The second-order valence-corrected chi connectivity index (χ2v) is 6.61. The Morgan fingerprint density at radius 2 is 1.67 bits per heavy atom. The molecule has 0 aliphatic carbocycles. The molecule has 2 heteroatoms. The monoisotopic (exact) mass is 295 g/mol. The maximum atomic E-state index is 4.89. The van der Waals surface area contributed by atoms with Gasteiger partial charge in [-0.2, -0.15) is 0 Å². The number of aryl methyl sites for hydroxylation is 1. The molecule has 1 aliphatic heterocycles. The molecule has 0 aromatic heterocycles. The van der Waals surface area contributed by atoms with Gasteiger partial charge in [0.2, 0.25) is 0 Å². The minimum Gasteiger partial charge on any atom is -0.246 e. The third-order valence-electron chi connectivity index (χ3n) is 3.92. The molecule has 1 heterocycles. The summed E-state index contributed by atoms with van der Waals surface area (Å²) in [5.74, 6) is 1.84. The molecule has 1 saturated heterocycles. The second kappa shape index (κ2) is 7.46. The number of rotatable bonds is 4. The molecule has 1 unspecified atom stereocenters. The van der Waals surface area contributed by atoms with Gasteiger partial charge in [0.05, 0.1) is 10.7 Å². The van der Waals surface area contributed by atoms with E-state index in [0.29, 0.717) is 5.92 Å². The van der Waals surface area contributed by atoms with Crippen molar-refractivity contribution in [2.75, 3.05) is 5.75 Å². The summed E-state index contributed by atoms with van der Waals surface area (Å²) in [6.07, 6.45) is 4.96. The van der Waals surface area contributed by atoms with Crippen molar-refractivity contribution in [2.24, 2.45) is 10.9 Å². The zero-order valence-electron chi connectivity index (χ0n) is 12.2. The van der Waals surface area contributed by atoms with Gasteiger partial charge >= 0.3 is 0 Å². The van der Waals surface area contributed by atoms with Crippen LogP contribution < -0.4 is 0 Å². The fourth-order valence-corrected chi connectivity index (χ4v) is 3.92. The summed E-state index contributed by atoms with van der Waals surface area (Å²) >= 11 is 1.95. The van der Waals surface area contributed by atoms with Gasteiger partial charge in [-0.1, -0.05) is 48.5 Å². The molecule has 0 bridgehead atoms. The van der Waals surface area contributed by atoms with Gasteiger partial charge in [0.25, 0.3) is 0 Å². The second-order valence-electron chi connectivity index (χ2n) is 5.50. The van der Waals surface area contributed by atoms with Gasteiger partial charge in [0.1, 0.15) is 0 Å². The predicted molar refractivity (Wildman–Crippen MR) is 93.5 cm³/mol. The van der Waals surface area contributed by atoms with Crippen LogP contribution in [-0.2, 0) is 6.42 Å². The van der Waals surface area contributed by atoms with Crippen LogP contribution in [0.25, 0.3) is 0 Å². The van der Waals surface area contributed by atoms with E-state index < -0.39 is 0 Å². The standard InChI is InChI=1S/C19H21NS/c1-3-8-16(9-4-1)13-14-17-10-7-15-21-19(17)20-18-11-5-2-6-12-18/h1-6,8-9,11-12,17H,7,10,13-15H2. The van der Waals surface area contributed by atoms with Crippen molar-refractivity contribution < 1.29 is 0 Å². The van der Waals surface area contributed by atoms with Crippen molar-refractivity contribution in [3.8, 4) is 0 Å². The highest BCUT2D eigenvalue weighted by atomic mass is 32.2. The molecule has 0 saturated carbocycles. The van der Waals surface area contributed by atoms with Gasteiger partial charge in [-0.25, -0.2) is 4.99 Å². The van der Waals surface area contributed by atoms with Gasteiger partial charge in [0.15, 0.2) is 0 Å². The van der Waals surface area contributed by atoms with Gasteiger partial charge in [-0.05, 0) is 49.1 Å². The van der Waals surface area contributed by atoms with Crippen LogP contribution in [0.4, 0.5) is 5.69 Å². The van der Waals surface area contributed by atoms with Crippen LogP contribution in [0.2, 0.25) is 0 Å². The van der Waals surface area contributed by atoms with Crippen molar-refractivity contribution >= 4 is 22.5 Å². The van der Waals surface area contributed by atoms with Crippen LogP contribution in [0.1, 0.15) is 24.8 Å². The molecular formula is C19H21NS. The van der Waals surface area contributed by atoms with E-state index in [9.17, 15) is 0 Å². The average molecular weight is 295 g/mol. The molecule has 0 spiro atoms. The number of hydrogen-bond acceptors (Lipinski definition) is 2. The Balaban J connectivity index is 1.68. The first kappa shape index (κ1) is 14.4. The topological polar surface area (TPSA) is 12.4 Å². The first-order valence-corrected chi connectivity index (χ1v) is 8.71. The van der Waals surface area contributed by atoms with E-state index in [2.05, 4.69) is 54.6 Å². The van der Waals surface area contributed by atoms with E-state index in [1.165, 1.54) is 35.6 Å². The van der Waals surface area contributed by atoms with Crippen molar-refractivity contribution in [1.29, 1.82) is 0 Å². The Morgan fingerprint density at radius 1 is 0.952 bits per heavy atom. The fourth-order valence-electron chi connectivity index (χ4n) is 2.75. The van der Waals surface area contributed by atoms with Gasteiger partial charge < -0.3 is 0 Å². The van der Waals surface area contributed by atoms with E-state index in [1.54, 1.807) is 0 Å². The molecule has 1 fully saturated rings. The van der Waals surface area contributed by atoms with Crippen molar-refractivity contribution in [2.45, 2.75) is 25.7 Å². The smallest absolute Gasteiger partial charge is 0.0769 e. The quantitative estimate of drug-likeness (QED) is 0.726. The Hall–Kier alpha value is -1.54. The van der Waals surface area contributed by atoms with Crippen molar-refractivity contribution in [3.05, 3.63) is 66.2 Å². The van der Waals surface area contributed by atoms with E-state index in [1.807, 2.05) is 17.8 Å². The lowest BCUT2D eigenvalue weighted by molar-refractivity contribution is 0.569. The summed E-state index contributed by atoms with van der Waals surface area (Å²) in [6, 6.07) is 21.2. The number of aliphatic imine (C=N–C) groups is 1. The van der Waals surface area contributed by atoms with E-state index in [0.717, 1.165) is 12.1 Å². The summed E-state index contributed by atoms with van der Waals surface area (Å²) in [6.45, 7) is 0. The first-order valence-electron chi connectivity index (χ1n) is 7.72. The Morgan fingerprint density at radius 3 is 2.43 bits per heavy atom. The number of thioether (sulfide) groups is 1. The van der Waals surface area contributed by atoms with Crippen molar-refractivity contribution in [1.82, 2.24) is 0 Å². The molecule has 0 radical (unpaired) electrons. The lowest BCUT2D eigenvalue weighted by Crippen LogP contribution is -2.17. The third kappa shape index (κ3) is 4.21.